The summed E-state index contributed by atoms with van der Waals surface area (Å²) in [6, 6.07) is 16.3. The first-order valence-corrected chi connectivity index (χ1v) is 9.71. The third-order valence-corrected chi connectivity index (χ3v) is 6.34. The van der Waals surface area contributed by atoms with Crippen molar-refractivity contribution in [1.29, 1.82) is 0 Å². The summed E-state index contributed by atoms with van der Waals surface area (Å²) in [6.07, 6.45) is 0.866. The van der Waals surface area contributed by atoms with Crippen LogP contribution in [0.5, 0.6) is 5.75 Å². The number of methoxy groups -OCH3 is 1. The summed E-state index contributed by atoms with van der Waals surface area (Å²) >= 11 is 0. The molecule has 2 atom stereocenters. The molecule has 0 radical (unpaired) electrons. The van der Waals surface area contributed by atoms with Crippen LogP contribution >= 0.6 is 0 Å². The molecule has 1 aliphatic carbocycles. The highest BCUT2D eigenvalue weighted by atomic mass is 32.2. The highest BCUT2D eigenvalue weighted by molar-refractivity contribution is 7.90. The molecule has 24 heavy (non-hydrogen) atoms. The molecular formula is C19H23NO3S. The fourth-order valence-electron chi connectivity index (χ4n) is 2.77. The van der Waals surface area contributed by atoms with Crippen molar-refractivity contribution in [1.82, 2.24) is 4.72 Å². The molecule has 0 unspecified atom stereocenters. The van der Waals surface area contributed by atoms with Crippen LogP contribution in [0.15, 0.2) is 48.5 Å². The minimum atomic E-state index is -3.20. The van der Waals surface area contributed by atoms with Crippen molar-refractivity contribution in [2.75, 3.05) is 7.11 Å². The smallest absolute Gasteiger partial charge is 0.214 e. The van der Waals surface area contributed by atoms with Gasteiger partial charge in [-0.3, -0.25) is 0 Å². The first-order chi connectivity index (χ1) is 11.4. The fourth-order valence-corrected chi connectivity index (χ4v) is 3.72. The summed E-state index contributed by atoms with van der Waals surface area (Å²) in [5, 5.41) is -0.394. The quantitative estimate of drug-likeness (QED) is 0.871. The van der Waals surface area contributed by atoms with Crippen molar-refractivity contribution >= 4 is 10.0 Å². The van der Waals surface area contributed by atoms with E-state index < -0.39 is 15.3 Å². The Morgan fingerprint density at radius 1 is 1.08 bits per heavy atom. The molecule has 1 aliphatic rings. The van der Waals surface area contributed by atoms with E-state index in [0.717, 1.165) is 23.3 Å². The van der Waals surface area contributed by atoms with Gasteiger partial charge in [0.1, 0.15) is 5.75 Å². The minimum absolute atomic E-state index is 0.0278. The molecule has 0 saturated heterocycles. The topological polar surface area (TPSA) is 55.4 Å². The maximum absolute atomic E-state index is 11.9. The van der Waals surface area contributed by atoms with E-state index in [1.807, 2.05) is 24.3 Å². The Labute approximate surface area is 143 Å². The molecule has 0 aromatic heterocycles. The van der Waals surface area contributed by atoms with Gasteiger partial charge in [0.15, 0.2) is 0 Å². The first kappa shape index (κ1) is 17.0. The maximum Gasteiger partial charge on any atom is 0.214 e. The highest BCUT2D eigenvalue weighted by Gasteiger charge is 2.41. The van der Waals surface area contributed by atoms with Gasteiger partial charge in [0.25, 0.3) is 0 Å². The molecule has 1 saturated carbocycles. The standard InChI is InChI=1S/C19H23NO3S/c1-13(2)24(21,22)20-19-12-18(19)15-9-7-14(8-10-15)16-5-4-6-17(11-16)23-3/h4-11,13,18-20H,12H2,1-3H3/t18-,19+/m1/s1. The number of benzene rings is 2. The molecule has 1 N–H and O–H groups in total. The summed E-state index contributed by atoms with van der Waals surface area (Å²) in [5.74, 6) is 1.11. The SMILES string of the molecule is COc1cccc(-c2ccc([C@H]3C[C@@H]3NS(=O)(=O)C(C)C)cc2)c1. The van der Waals surface area contributed by atoms with Crippen molar-refractivity contribution in [2.45, 2.75) is 37.5 Å². The van der Waals surface area contributed by atoms with Crippen molar-refractivity contribution in [3.05, 3.63) is 54.1 Å². The zero-order chi connectivity index (χ0) is 17.3. The van der Waals surface area contributed by atoms with Crippen LogP contribution < -0.4 is 9.46 Å². The Kier molecular flexibility index (Phi) is 4.65. The van der Waals surface area contributed by atoms with E-state index in [1.165, 1.54) is 5.56 Å². The molecule has 3 rings (SSSR count). The van der Waals surface area contributed by atoms with Crippen LogP contribution in [0, 0.1) is 0 Å². The summed E-state index contributed by atoms with van der Waals surface area (Å²) in [6.45, 7) is 3.39. The number of ether oxygens (including phenoxy) is 1. The number of hydrogen-bond acceptors (Lipinski definition) is 3. The molecule has 2 aromatic carbocycles. The Morgan fingerprint density at radius 3 is 2.42 bits per heavy atom. The molecule has 128 valence electrons. The van der Waals surface area contributed by atoms with E-state index in [-0.39, 0.29) is 12.0 Å². The van der Waals surface area contributed by atoms with Crippen molar-refractivity contribution < 1.29 is 13.2 Å². The Hall–Kier alpha value is -1.85. The largest absolute Gasteiger partial charge is 0.497 e. The summed E-state index contributed by atoms with van der Waals surface area (Å²) < 4.78 is 31.9. The third-order valence-electron chi connectivity index (χ3n) is 4.47. The monoisotopic (exact) mass is 345 g/mol. The number of sulfonamides is 1. The van der Waals surface area contributed by atoms with Crippen molar-refractivity contribution in [3.63, 3.8) is 0 Å². The van der Waals surface area contributed by atoms with Gasteiger partial charge in [-0.15, -0.1) is 0 Å². The van der Waals surface area contributed by atoms with E-state index in [2.05, 4.69) is 29.0 Å². The molecule has 0 spiro atoms. The van der Waals surface area contributed by atoms with Gasteiger partial charge in [-0.2, -0.15) is 0 Å². The van der Waals surface area contributed by atoms with Crippen LogP contribution in [0.3, 0.4) is 0 Å². The first-order valence-electron chi connectivity index (χ1n) is 8.16. The molecule has 1 fully saturated rings. The van der Waals surface area contributed by atoms with Gasteiger partial charge in [0.05, 0.1) is 12.4 Å². The van der Waals surface area contributed by atoms with Gasteiger partial charge in [-0.25, -0.2) is 13.1 Å². The zero-order valence-electron chi connectivity index (χ0n) is 14.2. The van der Waals surface area contributed by atoms with Gasteiger partial charge in [0, 0.05) is 12.0 Å². The van der Waals surface area contributed by atoms with Gasteiger partial charge in [-0.05, 0) is 49.1 Å². The molecular weight excluding hydrogens is 322 g/mol. The average Bonchev–Trinajstić information content (AvgIpc) is 3.33. The van der Waals surface area contributed by atoms with Crippen molar-refractivity contribution in [3.8, 4) is 16.9 Å². The fraction of sp³-hybridized carbons (Fsp3) is 0.368. The van der Waals surface area contributed by atoms with Crippen LogP contribution in [-0.2, 0) is 10.0 Å². The van der Waals surface area contributed by atoms with Gasteiger partial charge in [-0.1, -0.05) is 36.4 Å². The minimum Gasteiger partial charge on any atom is -0.497 e. The van der Waals surface area contributed by atoms with Crippen LogP contribution in [0.4, 0.5) is 0 Å². The highest BCUT2D eigenvalue weighted by Crippen LogP contribution is 2.42. The van der Waals surface area contributed by atoms with Gasteiger partial charge >= 0.3 is 0 Å². The lowest BCUT2D eigenvalue weighted by Crippen LogP contribution is -2.33. The normalized spacial score (nSPS) is 20.2. The Morgan fingerprint density at radius 2 is 1.79 bits per heavy atom. The van der Waals surface area contributed by atoms with E-state index in [1.54, 1.807) is 21.0 Å². The maximum atomic E-state index is 11.9. The number of rotatable bonds is 6. The lowest BCUT2D eigenvalue weighted by atomic mass is 10.0. The zero-order valence-corrected chi connectivity index (χ0v) is 15.0. The van der Waals surface area contributed by atoms with E-state index in [9.17, 15) is 8.42 Å². The molecule has 4 nitrogen and oxygen atoms in total. The summed E-state index contributed by atoms with van der Waals surface area (Å²) in [4.78, 5) is 0. The summed E-state index contributed by atoms with van der Waals surface area (Å²) in [5.41, 5.74) is 3.41. The molecule has 2 aromatic rings. The lowest BCUT2D eigenvalue weighted by Gasteiger charge is -2.09. The van der Waals surface area contributed by atoms with Crippen LogP contribution in [0.1, 0.15) is 31.7 Å². The van der Waals surface area contributed by atoms with Crippen molar-refractivity contribution in [2.24, 2.45) is 0 Å². The second-order valence-corrected chi connectivity index (χ2v) is 8.78. The van der Waals surface area contributed by atoms with Gasteiger partial charge in [0.2, 0.25) is 10.0 Å². The predicted molar refractivity (Wildman–Crippen MR) is 96.8 cm³/mol. The third kappa shape index (κ3) is 3.62. The lowest BCUT2D eigenvalue weighted by molar-refractivity contribution is 0.415. The van der Waals surface area contributed by atoms with E-state index in [0.29, 0.717) is 0 Å². The van der Waals surface area contributed by atoms with Gasteiger partial charge < -0.3 is 4.74 Å². The second-order valence-electron chi connectivity index (χ2n) is 6.51. The summed E-state index contributed by atoms with van der Waals surface area (Å²) in [7, 11) is -1.54. The molecule has 5 heteroatoms. The predicted octanol–water partition coefficient (Wildman–Crippen LogP) is 3.55. The molecule has 0 bridgehead atoms. The molecule has 0 heterocycles. The number of nitrogens with one attached hydrogen (secondary N) is 1. The second kappa shape index (κ2) is 6.57. The number of hydrogen-bond donors (Lipinski definition) is 1. The van der Waals surface area contributed by atoms with Crippen LogP contribution in [0.25, 0.3) is 11.1 Å². The van der Waals surface area contributed by atoms with Crippen LogP contribution in [0.2, 0.25) is 0 Å². The molecule has 0 amide bonds. The molecule has 0 aliphatic heterocycles. The van der Waals surface area contributed by atoms with E-state index in [4.69, 9.17) is 4.74 Å². The Balaban J connectivity index is 1.70. The van der Waals surface area contributed by atoms with E-state index >= 15 is 0 Å². The Bertz CT molecular complexity index is 813. The van der Waals surface area contributed by atoms with Crippen LogP contribution in [-0.4, -0.2) is 26.8 Å². The average molecular weight is 345 g/mol.